The van der Waals surface area contributed by atoms with E-state index in [0.717, 1.165) is 11.3 Å². The van der Waals surface area contributed by atoms with Gasteiger partial charge in [-0.1, -0.05) is 0 Å². The number of imide groups is 1. The van der Waals surface area contributed by atoms with Gasteiger partial charge in [0.25, 0.3) is 11.8 Å². The zero-order valence-electron chi connectivity index (χ0n) is 14.7. The van der Waals surface area contributed by atoms with Gasteiger partial charge < -0.3 is 19.8 Å². The Morgan fingerprint density at radius 3 is 2.59 bits per heavy atom. The van der Waals surface area contributed by atoms with E-state index in [4.69, 9.17) is 9.15 Å². The number of esters is 1. The van der Waals surface area contributed by atoms with Gasteiger partial charge in [0, 0.05) is 0 Å². The van der Waals surface area contributed by atoms with E-state index < -0.39 is 43.1 Å². The first kappa shape index (κ1) is 21.9. The number of urea groups is 1. The predicted molar refractivity (Wildman–Crippen MR) is 93.6 cm³/mol. The average molecular weight is 433 g/mol. The van der Waals surface area contributed by atoms with Gasteiger partial charge >= 0.3 is 18.2 Å². The minimum absolute atomic E-state index is 0.0700. The minimum atomic E-state index is -4.63. The Kier molecular flexibility index (Phi) is 6.98. The lowest BCUT2D eigenvalue weighted by atomic mass is 10.3. The Morgan fingerprint density at radius 1 is 1.24 bits per heavy atom. The summed E-state index contributed by atoms with van der Waals surface area (Å²) in [5, 5.41) is 5.88. The number of hydrogen-bond donors (Lipinski definition) is 3. The summed E-state index contributed by atoms with van der Waals surface area (Å²) in [6.45, 7) is -0.934. The molecule has 3 N–H and O–H groups in total. The quantitative estimate of drug-likeness (QED) is 0.601. The van der Waals surface area contributed by atoms with Crippen molar-refractivity contribution in [1.29, 1.82) is 0 Å². The summed E-state index contributed by atoms with van der Waals surface area (Å²) in [6, 6.07) is 3.12. The molecule has 0 saturated heterocycles. The van der Waals surface area contributed by atoms with E-state index in [2.05, 4.69) is 5.32 Å². The van der Waals surface area contributed by atoms with Crippen LogP contribution in [0.25, 0.3) is 0 Å². The van der Waals surface area contributed by atoms with Crippen LogP contribution in [0.15, 0.2) is 28.9 Å². The molecule has 13 heteroatoms. The van der Waals surface area contributed by atoms with Gasteiger partial charge in [-0.05, 0) is 30.7 Å². The molecule has 0 aliphatic carbocycles. The molecule has 9 nitrogen and oxygen atoms in total. The van der Waals surface area contributed by atoms with Crippen molar-refractivity contribution in [2.45, 2.75) is 13.1 Å². The van der Waals surface area contributed by atoms with Crippen LogP contribution in [0, 0.1) is 6.92 Å². The highest BCUT2D eigenvalue weighted by Crippen LogP contribution is 2.27. The minimum Gasteiger partial charge on any atom is -0.459 e. The zero-order valence-corrected chi connectivity index (χ0v) is 15.5. The van der Waals surface area contributed by atoms with E-state index in [1.54, 1.807) is 12.2 Å². The number of ether oxygens (including phenoxy) is 1. The molecule has 156 valence electrons. The Labute approximate surface area is 165 Å². The first-order valence-corrected chi connectivity index (χ1v) is 8.63. The molecule has 2 aromatic rings. The van der Waals surface area contributed by atoms with E-state index in [1.165, 1.54) is 29.8 Å². The molecule has 0 unspecified atom stereocenters. The van der Waals surface area contributed by atoms with Gasteiger partial charge in [0.15, 0.2) is 12.4 Å². The monoisotopic (exact) mass is 433 g/mol. The number of amides is 4. The Morgan fingerprint density at radius 2 is 1.97 bits per heavy atom. The SMILES string of the molecule is Cc1cc(NC(=O)c2ccco2)sc1C(=O)OCC(=O)NC(=O)NCC(F)(F)F. The fraction of sp³-hybridized carbons (Fsp3) is 0.250. The van der Waals surface area contributed by atoms with Crippen molar-refractivity contribution < 1.29 is 41.5 Å². The fourth-order valence-corrected chi connectivity index (χ4v) is 2.87. The molecule has 2 rings (SSSR count). The summed E-state index contributed by atoms with van der Waals surface area (Å²) in [7, 11) is 0. The summed E-state index contributed by atoms with van der Waals surface area (Å²) in [5.74, 6) is -2.48. The normalized spacial score (nSPS) is 10.9. The van der Waals surface area contributed by atoms with Gasteiger partial charge in [-0.3, -0.25) is 14.9 Å². The van der Waals surface area contributed by atoms with Crippen LogP contribution < -0.4 is 16.0 Å². The predicted octanol–water partition coefficient (Wildman–Crippen LogP) is 2.45. The topological polar surface area (TPSA) is 127 Å². The van der Waals surface area contributed by atoms with Crippen LogP contribution in [0.4, 0.5) is 23.0 Å². The second-order valence-corrected chi connectivity index (χ2v) is 6.53. The molecule has 0 spiro atoms. The molecule has 0 radical (unpaired) electrons. The van der Waals surface area contributed by atoms with Crippen LogP contribution in [0.2, 0.25) is 0 Å². The second kappa shape index (κ2) is 9.23. The van der Waals surface area contributed by atoms with Crippen molar-refractivity contribution >= 4 is 40.2 Å². The van der Waals surface area contributed by atoms with Gasteiger partial charge in [0.2, 0.25) is 0 Å². The molecule has 0 fully saturated rings. The molecule has 4 amide bonds. The van der Waals surface area contributed by atoms with E-state index in [0.29, 0.717) is 10.6 Å². The van der Waals surface area contributed by atoms with Crippen LogP contribution in [0.1, 0.15) is 25.8 Å². The summed E-state index contributed by atoms with van der Waals surface area (Å²) < 4.78 is 45.6. The third-order valence-corrected chi connectivity index (χ3v) is 4.25. The zero-order chi connectivity index (χ0) is 21.6. The lowest BCUT2D eigenvalue weighted by molar-refractivity contribution is -0.125. The lowest BCUT2D eigenvalue weighted by Gasteiger charge is -2.09. The number of aryl methyl sites for hydroxylation is 1. The molecular weight excluding hydrogens is 419 g/mol. The largest absolute Gasteiger partial charge is 0.459 e. The molecule has 0 aliphatic rings. The molecule has 0 bridgehead atoms. The average Bonchev–Trinajstić information content (AvgIpc) is 3.27. The van der Waals surface area contributed by atoms with Crippen molar-refractivity contribution in [3.05, 3.63) is 40.7 Å². The maximum Gasteiger partial charge on any atom is 0.405 e. The maximum absolute atomic E-state index is 12.1. The number of carbonyl (C=O) groups is 4. The highest BCUT2D eigenvalue weighted by atomic mass is 32.1. The highest BCUT2D eigenvalue weighted by molar-refractivity contribution is 7.18. The number of anilines is 1. The van der Waals surface area contributed by atoms with E-state index in [-0.39, 0.29) is 10.6 Å². The van der Waals surface area contributed by atoms with Gasteiger partial charge in [-0.25, -0.2) is 9.59 Å². The first-order chi connectivity index (χ1) is 13.5. The molecule has 2 aromatic heterocycles. The highest BCUT2D eigenvalue weighted by Gasteiger charge is 2.28. The molecule has 0 saturated carbocycles. The summed E-state index contributed by atoms with van der Waals surface area (Å²) in [6.07, 6.45) is -3.31. The Balaban J connectivity index is 1.84. The van der Waals surface area contributed by atoms with Gasteiger partial charge in [0.1, 0.15) is 11.4 Å². The number of carbonyl (C=O) groups excluding carboxylic acids is 4. The fourth-order valence-electron chi connectivity index (χ4n) is 1.91. The number of halogens is 3. The summed E-state index contributed by atoms with van der Waals surface area (Å²) in [5.41, 5.74) is 0.457. The van der Waals surface area contributed by atoms with E-state index in [9.17, 15) is 32.3 Å². The third-order valence-electron chi connectivity index (χ3n) is 3.12. The van der Waals surface area contributed by atoms with Gasteiger partial charge in [-0.15, -0.1) is 11.3 Å². The Hall–Kier alpha value is -3.35. The molecule has 0 aromatic carbocycles. The van der Waals surface area contributed by atoms with Crippen molar-refractivity contribution in [3.8, 4) is 0 Å². The second-order valence-electron chi connectivity index (χ2n) is 5.48. The number of nitrogens with one attached hydrogen (secondary N) is 3. The first-order valence-electron chi connectivity index (χ1n) is 7.82. The standard InChI is InChI=1S/C16H14F3N3O6S/c1-8-5-11(22-13(24)9-3-2-4-27-9)29-12(8)14(25)28-6-10(23)21-15(26)20-7-16(17,18)19/h2-5H,6-7H2,1H3,(H,22,24)(H2,20,21,23,26). The number of rotatable bonds is 6. The number of furan rings is 1. The van der Waals surface area contributed by atoms with Crippen LogP contribution in [-0.2, 0) is 9.53 Å². The van der Waals surface area contributed by atoms with Gasteiger partial charge in [0.05, 0.1) is 11.3 Å². The van der Waals surface area contributed by atoms with E-state index >= 15 is 0 Å². The number of hydrogen-bond acceptors (Lipinski definition) is 7. The molecule has 0 aliphatic heterocycles. The third kappa shape index (κ3) is 6.95. The Bertz CT molecular complexity index is 908. The number of thiophene rings is 1. The van der Waals surface area contributed by atoms with Crippen molar-refractivity contribution in [1.82, 2.24) is 10.6 Å². The van der Waals surface area contributed by atoms with Crippen LogP contribution >= 0.6 is 11.3 Å². The summed E-state index contributed by atoms with van der Waals surface area (Å²) >= 11 is 0.885. The molecule has 0 atom stereocenters. The lowest BCUT2D eigenvalue weighted by Crippen LogP contribution is -2.44. The van der Waals surface area contributed by atoms with Crippen molar-refractivity contribution in [2.24, 2.45) is 0 Å². The van der Waals surface area contributed by atoms with Crippen LogP contribution in [0.5, 0.6) is 0 Å². The smallest absolute Gasteiger partial charge is 0.405 e. The van der Waals surface area contributed by atoms with Crippen LogP contribution in [0.3, 0.4) is 0 Å². The summed E-state index contributed by atoms with van der Waals surface area (Å²) in [4.78, 5) is 46.7. The van der Waals surface area contributed by atoms with Crippen molar-refractivity contribution in [3.63, 3.8) is 0 Å². The van der Waals surface area contributed by atoms with Gasteiger partial charge in [-0.2, -0.15) is 13.2 Å². The molecule has 2 heterocycles. The maximum atomic E-state index is 12.1. The van der Waals surface area contributed by atoms with Crippen LogP contribution in [-0.4, -0.2) is 43.1 Å². The molecule has 29 heavy (non-hydrogen) atoms. The van der Waals surface area contributed by atoms with E-state index in [1.807, 2.05) is 0 Å². The van der Waals surface area contributed by atoms with Crippen molar-refractivity contribution in [2.75, 3.05) is 18.5 Å². The molecular formula is C16H14F3N3O6S. The number of alkyl halides is 3.